The van der Waals surface area contributed by atoms with Gasteiger partial charge in [-0.3, -0.25) is 4.79 Å². The minimum Gasteiger partial charge on any atom is -0.492 e. The first-order chi connectivity index (χ1) is 17.0. The predicted molar refractivity (Wildman–Crippen MR) is 128 cm³/mol. The fourth-order valence-corrected chi connectivity index (χ4v) is 6.41. The van der Waals surface area contributed by atoms with Crippen molar-refractivity contribution in [1.29, 1.82) is 0 Å². The number of hydrogen-bond donors (Lipinski definition) is 3. The van der Waals surface area contributed by atoms with E-state index in [9.17, 15) is 18.0 Å². The summed E-state index contributed by atoms with van der Waals surface area (Å²) in [6.07, 6.45) is 3.47. The third kappa shape index (κ3) is 6.37. The van der Waals surface area contributed by atoms with Crippen molar-refractivity contribution in [3.05, 3.63) is 54.1 Å². The third-order valence-electron chi connectivity index (χ3n) is 7.49. The van der Waals surface area contributed by atoms with Crippen molar-refractivity contribution in [3.63, 3.8) is 0 Å². The molecule has 0 spiro atoms. The molecular weight excluding hydrogens is 473 g/mol. The van der Waals surface area contributed by atoms with Gasteiger partial charge in [0.2, 0.25) is 5.91 Å². The molecule has 36 heavy (non-hydrogen) atoms. The number of carbonyl (C=O) groups is 2. The van der Waals surface area contributed by atoms with Crippen molar-refractivity contribution in [2.75, 3.05) is 13.2 Å². The lowest BCUT2D eigenvalue weighted by Crippen LogP contribution is -2.59. The maximum Gasteiger partial charge on any atom is 0.490 e. The third-order valence-corrected chi connectivity index (χ3v) is 7.49. The maximum absolute atomic E-state index is 11.4. The molecule has 0 unspecified atom stereocenters. The van der Waals surface area contributed by atoms with Gasteiger partial charge in [-0.15, -0.1) is 0 Å². The van der Waals surface area contributed by atoms with Crippen LogP contribution < -0.4 is 15.8 Å². The summed E-state index contributed by atoms with van der Waals surface area (Å²) in [7, 11) is 0. The van der Waals surface area contributed by atoms with Crippen molar-refractivity contribution in [2.45, 2.75) is 50.2 Å². The molecule has 2 aromatic carbocycles. The first-order valence-electron chi connectivity index (χ1n) is 12.2. The van der Waals surface area contributed by atoms with Crippen LogP contribution in [0, 0.1) is 17.8 Å². The highest BCUT2D eigenvalue weighted by Gasteiger charge is 2.50. The number of primary amides is 1. The number of amides is 1. The molecule has 4 aliphatic carbocycles. The zero-order chi connectivity index (χ0) is 25.9. The number of carbonyl (C=O) groups excluding carboxylic acids is 1. The molecule has 4 aliphatic rings. The summed E-state index contributed by atoms with van der Waals surface area (Å²) in [5, 5.41) is 11.0. The summed E-state index contributed by atoms with van der Waals surface area (Å²) in [6, 6.07) is 15.5. The molecule has 4 fully saturated rings. The summed E-state index contributed by atoms with van der Waals surface area (Å²) in [4.78, 5) is 20.3. The van der Waals surface area contributed by atoms with Crippen LogP contribution >= 0.6 is 0 Å². The van der Waals surface area contributed by atoms with Crippen molar-refractivity contribution < 1.29 is 32.6 Å². The highest BCUT2D eigenvalue weighted by molar-refractivity contribution is 5.94. The Morgan fingerprint density at radius 1 is 0.972 bits per heavy atom. The van der Waals surface area contributed by atoms with Crippen LogP contribution in [0.25, 0.3) is 11.1 Å². The van der Waals surface area contributed by atoms with Crippen LogP contribution in [0.5, 0.6) is 5.75 Å². The van der Waals surface area contributed by atoms with E-state index in [2.05, 4.69) is 5.32 Å². The number of carboxylic acid groups (broad SMARTS) is 1. The molecule has 0 aliphatic heterocycles. The Bertz CT molecular complexity index is 1050. The molecule has 2 aromatic rings. The molecule has 4 saturated carbocycles. The molecule has 0 saturated heterocycles. The zero-order valence-corrected chi connectivity index (χ0v) is 19.9. The molecule has 4 N–H and O–H groups in total. The standard InChI is InChI=1S/C25H30N2O2.C2HF3O2/c26-24(28)22-3-1-2-21(13-22)20-4-6-23(7-5-20)29-9-8-27-25-14-17-10-18(15-25)12-19(11-17)16-25;3-2(4,5)1(6)7/h1-7,13,17-19,27H,8-12,14-16H2,(H2,26,28);(H,6,7). The lowest BCUT2D eigenvalue weighted by atomic mass is 9.53. The number of rotatable bonds is 7. The minimum atomic E-state index is -5.08. The minimum absolute atomic E-state index is 0.396. The normalized spacial score (nSPS) is 26.1. The van der Waals surface area contributed by atoms with Crippen LogP contribution in [0.15, 0.2) is 48.5 Å². The van der Waals surface area contributed by atoms with Gasteiger partial charge in [-0.2, -0.15) is 13.2 Å². The highest BCUT2D eigenvalue weighted by atomic mass is 19.4. The number of alkyl halides is 3. The lowest BCUT2D eigenvalue weighted by molar-refractivity contribution is -0.192. The fraction of sp³-hybridized carbons (Fsp3) is 0.481. The van der Waals surface area contributed by atoms with Gasteiger partial charge in [-0.05, 0) is 91.7 Å². The Kier molecular flexibility index (Phi) is 7.59. The second-order valence-electron chi connectivity index (χ2n) is 10.2. The second-order valence-corrected chi connectivity index (χ2v) is 10.2. The van der Waals surface area contributed by atoms with E-state index in [1.165, 1.54) is 38.5 Å². The Balaban J connectivity index is 0.000000384. The Morgan fingerprint density at radius 3 is 2.03 bits per heavy atom. The van der Waals surface area contributed by atoms with Gasteiger partial charge in [0.05, 0.1) is 0 Å². The smallest absolute Gasteiger partial charge is 0.490 e. The molecule has 194 valence electrons. The number of hydrogen-bond acceptors (Lipinski definition) is 4. The van der Waals surface area contributed by atoms with Crippen molar-refractivity contribution in [1.82, 2.24) is 5.32 Å². The van der Waals surface area contributed by atoms with E-state index < -0.39 is 18.1 Å². The van der Waals surface area contributed by atoms with Crippen molar-refractivity contribution in [2.24, 2.45) is 23.5 Å². The van der Waals surface area contributed by atoms with E-state index >= 15 is 0 Å². The molecule has 9 heteroatoms. The van der Waals surface area contributed by atoms with E-state index in [-0.39, 0.29) is 0 Å². The maximum atomic E-state index is 11.4. The SMILES string of the molecule is NC(=O)c1cccc(-c2ccc(OCCNC34CC5CC(CC(C5)C3)C4)cc2)c1.O=C(O)C(F)(F)F. The molecule has 4 bridgehead atoms. The van der Waals surface area contributed by atoms with Gasteiger partial charge in [0, 0.05) is 17.6 Å². The van der Waals surface area contributed by atoms with Crippen LogP contribution in [0.4, 0.5) is 13.2 Å². The first kappa shape index (κ1) is 26.0. The van der Waals surface area contributed by atoms with E-state index in [0.29, 0.717) is 17.7 Å². The summed E-state index contributed by atoms with van der Waals surface area (Å²) in [5.74, 6) is 0.624. The number of halogens is 3. The Labute approximate surface area is 208 Å². The van der Waals surface area contributed by atoms with Gasteiger partial charge in [0.1, 0.15) is 12.4 Å². The quantitative estimate of drug-likeness (QED) is 0.460. The van der Waals surface area contributed by atoms with Crippen LogP contribution in [0.3, 0.4) is 0 Å². The number of nitrogens with two attached hydrogens (primary N) is 1. The summed E-state index contributed by atoms with van der Waals surface area (Å²) >= 11 is 0. The average Bonchev–Trinajstić information content (AvgIpc) is 2.81. The molecule has 1 amide bonds. The van der Waals surface area contributed by atoms with Crippen molar-refractivity contribution in [3.8, 4) is 16.9 Å². The first-order valence-corrected chi connectivity index (χ1v) is 12.2. The summed E-state index contributed by atoms with van der Waals surface area (Å²) < 4.78 is 37.7. The number of nitrogens with one attached hydrogen (secondary N) is 1. The lowest BCUT2D eigenvalue weighted by Gasteiger charge is -2.57. The highest BCUT2D eigenvalue weighted by Crippen LogP contribution is 2.55. The van der Waals surface area contributed by atoms with Gasteiger partial charge in [0.15, 0.2) is 0 Å². The van der Waals surface area contributed by atoms with Gasteiger partial charge in [-0.25, -0.2) is 4.79 Å². The zero-order valence-electron chi connectivity index (χ0n) is 19.9. The Hall–Kier alpha value is -3.07. The number of ether oxygens (including phenoxy) is 1. The molecular formula is C27H31F3N2O4. The largest absolute Gasteiger partial charge is 0.492 e. The molecule has 0 aromatic heterocycles. The molecule has 6 rings (SSSR count). The number of aliphatic carboxylic acids is 1. The fourth-order valence-electron chi connectivity index (χ4n) is 6.41. The average molecular weight is 505 g/mol. The molecule has 0 radical (unpaired) electrons. The Morgan fingerprint density at radius 2 is 1.53 bits per heavy atom. The van der Waals surface area contributed by atoms with E-state index in [0.717, 1.165) is 41.2 Å². The van der Waals surface area contributed by atoms with E-state index in [1.54, 1.807) is 6.07 Å². The van der Waals surface area contributed by atoms with Crippen LogP contribution in [0.1, 0.15) is 48.9 Å². The van der Waals surface area contributed by atoms with Crippen molar-refractivity contribution >= 4 is 11.9 Å². The van der Waals surface area contributed by atoms with Crippen LogP contribution in [-0.2, 0) is 4.79 Å². The van der Waals surface area contributed by atoms with Gasteiger partial charge < -0.3 is 20.9 Å². The van der Waals surface area contributed by atoms with E-state index in [4.69, 9.17) is 20.4 Å². The second kappa shape index (κ2) is 10.5. The molecule has 0 atom stereocenters. The molecule has 6 nitrogen and oxygen atoms in total. The predicted octanol–water partition coefficient (Wildman–Crippen LogP) is 5.02. The summed E-state index contributed by atoms with van der Waals surface area (Å²) in [6.45, 7) is 1.60. The van der Waals surface area contributed by atoms with Gasteiger partial charge >= 0.3 is 12.1 Å². The monoisotopic (exact) mass is 504 g/mol. The number of benzene rings is 2. The van der Waals surface area contributed by atoms with Crippen LogP contribution in [-0.4, -0.2) is 41.8 Å². The van der Waals surface area contributed by atoms with Crippen LogP contribution in [0.2, 0.25) is 0 Å². The van der Waals surface area contributed by atoms with E-state index in [1.807, 2.05) is 42.5 Å². The van der Waals surface area contributed by atoms with Gasteiger partial charge in [0.25, 0.3) is 0 Å². The molecule has 0 heterocycles. The number of carboxylic acids is 1. The summed E-state index contributed by atoms with van der Waals surface area (Å²) in [5.41, 5.74) is 8.34. The van der Waals surface area contributed by atoms with Gasteiger partial charge in [-0.1, -0.05) is 24.3 Å². The topological polar surface area (TPSA) is 102 Å².